The van der Waals surface area contributed by atoms with Gasteiger partial charge >= 0.3 is 0 Å². The zero-order valence-corrected chi connectivity index (χ0v) is 5.57. The molecule has 0 saturated heterocycles. The Bertz CT molecular complexity index is 355. The number of hydrogen-bond donors (Lipinski definition) is 0. The van der Waals surface area contributed by atoms with Crippen LogP contribution in [0.2, 0.25) is 0 Å². The van der Waals surface area contributed by atoms with Crippen LogP contribution in [0, 0.1) is 0 Å². The summed E-state index contributed by atoms with van der Waals surface area (Å²) in [6.07, 6.45) is 3.76. The van der Waals surface area contributed by atoms with Crippen molar-refractivity contribution < 1.29 is 1.37 Å². The largest absolute Gasteiger partial charge is 0.275 e. The summed E-state index contributed by atoms with van der Waals surface area (Å²) in [6.45, 7) is 0. The highest BCUT2D eigenvalue weighted by Gasteiger charge is 2.01. The molecule has 2 heterocycles. The summed E-state index contributed by atoms with van der Waals surface area (Å²) in [7, 11) is 1.80. The first-order valence-electron chi connectivity index (χ1n) is 3.52. The number of hydrogen-bond acceptors (Lipinski definition) is 2. The van der Waals surface area contributed by atoms with Crippen molar-refractivity contribution in [1.29, 1.82) is 0 Å². The maximum atomic E-state index is 7.43. The van der Waals surface area contributed by atoms with Gasteiger partial charge in [0.15, 0.2) is 0 Å². The second-order valence-corrected chi connectivity index (χ2v) is 2.16. The van der Waals surface area contributed by atoms with Crippen molar-refractivity contribution in [3.63, 3.8) is 0 Å². The Kier molecular flexibility index (Phi) is 0.799. The maximum Gasteiger partial charge on any atom is 0.0918 e. The smallest absolute Gasteiger partial charge is 0.0918 e. The molecule has 0 bridgehead atoms. The third kappa shape index (κ3) is 0.673. The molecule has 2 aliphatic rings. The molecule has 0 radical (unpaired) electrons. The van der Waals surface area contributed by atoms with E-state index in [4.69, 9.17) is 1.37 Å². The molecule has 3 heteroatoms. The topological polar surface area (TPSA) is 30.7 Å². The Hall–Kier alpha value is -1.38. The van der Waals surface area contributed by atoms with Crippen LogP contribution >= 0.6 is 0 Å². The van der Waals surface area contributed by atoms with E-state index in [1.807, 2.05) is 12.3 Å². The molecule has 3 nitrogen and oxygen atoms in total. The highest BCUT2D eigenvalue weighted by atomic mass is 15.2. The Morgan fingerprint density at radius 1 is 1.70 bits per heavy atom. The Labute approximate surface area is 60.1 Å². The summed E-state index contributed by atoms with van der Waals surface area (Å²) in [5, 5.41) is 3.89. The molecule has 0 fully saturated rings. The third-order valence-electron chi connectivity index (χ3n) is 1.37. The first kappa shape index (κ1) is 4.44. The van der Waals surface area contributed by atoms with Crippen LogP contribution in [-0.4, -0.2) is 14.8 Å². The first-order valence-corrected chi connectivity index (χ1v) is 3.02. The van der Waals surface area contributed by atoms with Crippen LogP contribution in [0.25, 0.3) is 11.3 Å². The van der Waals surface area contributed by atoms with Crippen LogP contribution in [0.5, 0.6) is 0 Å². The molecular formula is C7H7N3. The predicted octanol–water partition coefficient (Wildman–Crippen LogP) is 0.920. The van der Waals surface area contributed by atoms with E-state index >= 15 is 0 Å². The highest BCUT2D eigenvalue weighted by molar-refractivity contribution is 5.57. The lowest BCUT2D eigenvalue weighted by Gasteiger charge is -1.98. The lowest BCUT2D eigenvalue weighted by molar-refractivity contribution is 0.739. The van der Waals surface area contributed by atoms with E-state index in [0.717, 1.165) is 5.56 Å². The number of rotatable bonds is 0. The van der Waals surface area contributed by atoms with Crippen molar-refractivity contribution in [2.45, 2.75) is 0 Å². The molecule has 0 spiro atoms. The van der Waals surface area contributed by atoms with E-state index < -0.39 is 0 Å². The molecule has 2 rings (SSSR count). The van der Waals surface area contributed by atoms with Crippen molar-refractivity contribution in [3.05, 3.63) is 24.6 Å². The van der Waals surface area contributed by atoms with Gasteiger partial charge in [-0.2, -0.15) is 5.10 Å². The van der Waals surface area contributed by atoms with Crippen molar-refractivity contribution in [1.82, 2.24) is 14.8 Å². The van der Waals surface area contributed by atoms with Gasteiger partial charge in [0, 0.05) is 25.0 Å². The molecule has 0 aliphatic carbocycles. The van der Waals surface area contributed by atoms with E-state index in [1.54, 1.807) is 17.9 Å². The van der Waals surface area contributed by atoms with Crippen molar-refractivity contribution >= 4 is 0 Å². The number of aromatic nitrogens is 3. The fourth-order valence-corrected chi connectivity index (χ4v) is 0.900. The summed E-state index contributed by atoms with van der Waals surface area (Å²) in [4.78, 5) is 4.00. The van der Waals surface area contributed by atoms with Crippen LogP contribution in [0.4, 0.5) is 0 Å². The van der Waals surface area contributed by atoms with Gasteiger partial charge in [0.05, 0.1) is 13.2 Å². The van der Waals surface area contributed by atoms with E-state index in [2.05, 4.69) is 10.1 Å². The molecule has 0 amide bonds. The van der Waals surface area contributed by atoms with Crippen molar-refractivity contribution in [2.24, 2.45) is 7.05 Å². The van der Waals surface area contributed by atoms with Gasteiger partial charge in [0.25, 0.3) is 0 Å². The van der Waals surface area contributed by atoms with Crippen molar-refractivity contribution in [2.75, 3.05) is 0 Å². The van der Waals surface area contributed by atoms with Crippen LogP contribution < -0.4 is 0 Å². The third-order valence-corrected chi connectivity index (χ3v) is 1.37. The summed E-state index contributed by atoms with van der Waals surface area (Å²) in [5.74, 6) is 0. The minimum Gasteiger partial charge on any atom is -0.275 e. The van der Waals surface area contributed by atoms with Gasteiger partial charge in [-0.3, -0.25) is 9.67 Å². The minimum atomic E-state index is 0.231. The summed E-state index contributed by atoms with van der Waals surface area (Å²) in [5.41, 5.74) is 1.63. The van der Waals surface area contributed by atoms with Crippen LogP contribution in [-0.2, 0) is 7.05 Å². The summed E-state index contributed by atoms with van der Waals surface area (Å²) >= 11 is 0. The Morgan fingerprint density at radius 2 is 2.60 bits per heavy atom. The van der Waals surface area contributed by atoms with Gasteiger partial charge in [0.2, 0.25) is 0 Å². The fraction of sp³-hybridized carbons (Fsp3) is 0.143. The lowest BCUT2D eigenvalue weighted by atomic mass is 10.3. The van der Waals surface area contributed by atoms with Crippen LogP contribution in [0.3, 0.4) is 0 Å². The van der Waals surface area contributed by atoms with Gasteiger partial charge in [0.1, 0.15) is 0 Å². The summed E-state index contributed by atoms with van der Waals surface area (Å²) < 4.78 is 9.04. The zero-order chi connectivity index (χ0) is 7.84. The average molecular weight is 134 g/mol. The summed E-state index contributed by atoms with van der Waals surface area (Å²) in [6, 6.07) is 1.87. The Morgan fingerprint density at radius 3 is 3.50 bits per heavy atom. The molecule has 0 N–H and O–H groups in total. The molecule has 2 aliphatic heterocycles. The first-order chi connectivity index (χ1) is 5.27. The molecule has 0 aromatic carbocycles. The van der Waals surface area contributed by atoms with Gasteiger partial charge in [-0.25, -0.2) is 0 Å². The number of nitrogens with zero attached hydrogens (tertiary/aromatic N) is 3. The van der Waals surface area contributed by atoms with Gasteiger partial charge in [-0.1, -0.05) is 0 Å². The molecule has 0 saturated carbocycles. The zero-order valence-electron chi connectivity index (χ0n) is 6.57. The molecule has 0 aromatic rings. The number of aryl methyl sites for hydroxylation is 1. The Balaban J connectivity index is 2.79. The monoisotopic (exact) mass is 134 g/mol. The molecular weight excluding hydrogens is 126 g/mol. The van der Waals surface area contributed by atoms with Gasteiger partial charge in [-0.15, -0.1) is 0 Å². The van der Waals surface area contributed by atoms with Gasteiger partial charge < -0.3 is 0 Å². The van der Waals surface area contributed by atoms with Crippen molar-refractivity contribution in [3.8, 4) is 11.3 Å². The quantitative estimate of drug-likeness (QED) is 0.536. The standard InChI is InChI=1S/C7H7N3/c1-10-5-6-2-3-8-7(6)4-9-10/h2-5H,1H3/i4D. The van der Waals surface area contributed by atoms with E-state index in [0.29, 0.717) is 5.69 Å². The second-order valence-electron chi connectivity index (χ2n) is 2.16. The fourth-order valence-electron chi connectivity index (χ4n) is 0.900. The second kappa shape index (κ2) is 1.80. The predicted molar refractivity (Wildman–Crippen MR) is 37.6 cm³/mol. The molecule has 0 aromatic heterocycles. The molecule has 10 heavy (non-hydrogen) atoms. The maximum absolute atomic E-state index is 7.43. The van der Waals surface area contributed by atoms with E-state index in [-0.39, 0.29) is 6.17 Å². The van der Waals surface area contributed by atoms with E-state index in [9.17, 15) is 0 Å². The van der Waals surface area contributed by atoms with Gasteiger partial charge in [-0.05, 0) is 6.07 Å². The SMILES string of the molecule is [2H]c1nn(C)cc2ccnc1-2. The number of fused-ring (bicyclic) bond motifs is 1. The van der Waals surface area contributed by atoms with E-state index in [1.165, 1.54) is 0 Å². The molecule has 0 atom stereocenters. The molecule has 50 valence electrons. The highest BCUT2D eigenvalue weighted by Crippen LogP contribution is 2.15. The lowest BCUT2D eigenvalue weighted by Crippen LogP contribution is -1.95. The van der Waals surface area contributed by atoms with Crippen LogP contribution in [0.15, 0.2) is 24.6 Å². The normalized spacial score (nSPS) is 11.9. The average Bonchev–Trinajstić information content (AvgIpc) is 2.34. The molecule has 0 unspecified atom stereocenters. The van der Waals surface area contributed by atoms with Crippen LogP contribution in [0.1, 0.15) is 1.37 Å². The minimum absolute atomic E-state index is 0.231.